The van der Waals surface area contributed by atoms with Crippen molar-refractivity contribution in [1.82, 2.24) is 4.90 Å². The molecular formula is C19H31NO2. The summed E-state index contributed by atoms with van der Waals surface area (Å²) in [6.45, 7) is 3.08. The number of hydrogen-bond donors (Lipinski definition) is 1. The van der Waals surface area contributed by atoms with Gasteiger partial charge in [0.25, 0.3) is 0 Å². The molecule has 2 rings (SSSR count). The summed E-state index contributed by atoms with van der Waals surface area (Å²) in [5, 5.41) is 11.6. The Bertz CT molecular complexity index is 457. The van der Waals surface area contributed by atoms with E-state index in [0.29, 0.717) is 5.92 Å². The first-order valence-corrected chi connectivity index (χ1v) is 8.52. The molecule has 0 bridgehead atoms. The van der Waals surface area contributed by atoms with Crippen LogP contribution in [-0.2, 0) is 0 Å². The van der Waals surface area contributed by atoms with Gasteiger partial charge >= 0.3 is 0 Å². The average Bonchev–Trinajstić information content (AvgIpc) is 2.53. The third kappa shape index (κ3) is 3.64. The first-order valence-electron chi connectivity index (χ1n) is 8.52. The van der Waals surface area contributed by atoms with E-state index in [9.17, 15) is 5.11 Å². The van der Waals surface area contributed by atoms with Gasteiger partial charge in [0.1, 0.15) is 5.75 Å². The van der Waals surface area contributed by atoms with Gasteiger partial charge in [-0.3, -0.25) is 0 Å². The highest BCUT2D eigenvalue weighted by molar-refractivity contribution is 5.31. The van der Waals surface area contributed by atoms with Crippen molar-refractivity contribution in [3.63, 3.8) is 0 Å². The summed E-state index contributed by atoms with van der Waals surface area (Å²) < 4.78 is 5.27. The van der Waals surface area contributed by atoms with E-state index >= 15 is 0 Å². The fourth-order valence-electron chi connectivity index (χ4n) is 4.02. The second kappa shape index (κ2) is 7.47. The van der Waals surface area contributed by atoms with Crippen molar-refractivity contribution < 1.29 is 9.84 Å². The van der Waals surface area contributed by atoms with E-state index in [1.807, 2.05) is 12.1 Å². The van der Waals surface area contributed by atoms with E-state index < -0.39 is 5.60 Å². The molecule has 0 aliphatic heterocycles. The summed E-state index contributed by atoms with van der Waals surface area (Å²) in [4.78, 5) is 2.19. The maximum atomic E-state index is 11.6. The van der Waals surface area contributed by atoms with Crippen LogP contribution >= 0.6 is 0 Å². The summed E-state index contributed by atoms with van der Waals surface area (Å²) >= 11 is 0. The van der Waals surface area contributed by atoms with E-state index in [2.05, 4.69) is 38.1 Å². The minimum absolute atomic E-state index is 0.152. The molecule has 0 amide bonds. The minimum atomic E-state index is -0.591. The van der Waals surface area contributed by atoms with Crippen LogP contribution in [0, 0.1) is 5.92 Å². The van der Waals surface area contributed by atoms with Crippen molar-refractivity contribution in [2.45, 2.75) is 50.5 Å². The molecule has 0 radical (unpaired) electrons. The number of likely N-dealkylation sites (N-methyl/N-ethyl adjacent to an activating group) is 1. The van der Waals surface area contributed by atoms with Crippen molar-refractivity contribution in [3.8, 4) is 5.75 Å². The summed E-state index contributed by atoms with van der Waals surface area (Å²) in [5.41, 5.74) is 0.628. The summed E-state index contributed by atoms with van der Waals surface area (Å²) in [6.07, 6.45) is 5.49. The molecule has 3 atom stereocenters. The van der Waals surface area contributed by atoms with Crippen molar-refractivity contribution in [3.05, 3.63) is 29.8 Å². The highest BCUT2D eigenvalue weighted by Gasteiger charge is 2.44. The topological polar surface area (TPSA) is 32.7 Å². The fourth-order valence-corrected chi connectivity index (χ4v) is 4.02. The van der Waals surface area contributed by atoms with Crippen molar-refractivity contribution in [1.29, 1.82) is 0 Å². The standard InChI is InChI=1S/C19H31NO2/c1-5-16-8-6-7-13-19(16,21)18(14-20(2)3)15-9-11-17(22-4)12-10-15/h9-12,16,18,21H,5-8,13-14H2,1-4H3. The van der Waals surface area contributed by atoms with Gasteiger partial charge in [-0.1, -0.05) is 38.3 Å². The van der Waals surface area contributed by atoms with Gasteiger partial charge in [-0.25, -0.2) is 0 Å². The molecule has 0 spiro atoms. The molecule has 1 aliphatic rings. The number of hydrogen-bond acceptors (Lipinski definition) is 3. The van der Waals surface area contributed by atoms with E-state index in [4.69, 9.17) is 4.74 Å². The van der Waals surface area contributed by atoms with Gasteiger partial charge in [-0.15, -0.1) is 0 Å². The van der Waals surface area contributed by atoms with Gasteiger partial charge in [0.05, 0.1) is 12.7 Å². The Morgan fingerprint density at radius 3 is 2.50 bits per heavy atom. The molecule has 1 aromatic rings. The Hall–Kier alpha value is -1.06. The van der Waals surface area contributed by atoms with Crippen LogP contribution in [0.1, 0.15) is 50.5 Å². The highest BCUT2D eigenvalue weighted by Crippen LogP contribution is 2.45. The van der Waals surface area contributed by atoms with Gasteiger partial charge in [0.15, 0.2) is 0 Å². The van der Waals surface area contributed by atoms with E-state index in [1.54, 1.807) is 7.11 Å². The van der Waals surface area contributed by atoms with Gasteiger partial charge < -0.3 is 14.7 Å². The monoisotopic (exact) mass is 305 g/mol. The lowest BCUT2D eigenvalue weighted by Gasteiger charge is -2.46. The second-order valence-corrected chi connectivity index (χ2v) is 6.93. The lowest BCUT2D eigenvalue weighted by molar-refractivity contribution is -0.0763. The molecule has 0 saturated heterocycles. The van der Waals surface area contributed by atoms with Crippen molar-refractivity contribution in [2.24, 2.45) is 5.92 Å². The van der Waals surface area contributed by atoms with Crippen LogP contribution < -0.4 is 4.74 Å². The summed E-state index contributed by atoms with van der Waals surface area (Å²) in [7, 11) is 5.86. The van der Waals surface area contributed by atoms with E-state index in [1.165, 1.54) is 12.0 Å². The van der Waals surface area contributed by atoms with Crippen molar-refractivity contribution >= 4 is 0 Å². The molecule has 3 heteroatoms. The van der Waals surface area contributed by atoms with Crippen LogP contribution in [0.15, 0.2) is 24.3 Å². The van der Waals surface area contributed by atoms with Gasteiger partial charge in [0.2, 0.25) is 0 Å². The van der Waals surface area contributed by atoms with Gasteiger partial charge in [-0.05, 0) is 50.6 Å². The Morgan fingerprint density at radius 2 is 1.95 bits per heavy atom. The molecule has 3 unspecified atom stereocenters. The maximum Gasteiger partial charge on any atom is 0.118 e. The molecule has 1 aliphatic carbocycles. The lowest BCUT2D eigenvalue weighted by atomic mass is 9.65. The number of aliphatic hydroxyl groups is 1. The highest BCUT2D eigenvalue weighted by atomic mass is 16.5. The van der Waals surface area contributed by atoms with Gasteiger partial charge in [-0.2, -0.15) is 0 Å². The number of rotatable bonds is 6. The molecule has 124 valence electrons. The first-order chi connectivity index (χ1) is 10.5. The fraction of sp³-hybridized carbons (Fsp3) is 0.684. The predicted molar refractivity (Wildman–Crippen MR) is 91.5 cm³/mol. The largest absolute Gasteiger partial charge is 0.497 e. The molecular weight excluding hydrogens is 274 g/mol. The summed E-state index contributed by atoms with van der Waals surface area (Å²) in [5.74, 6) is 1.42. The smallest absolute Gasteiger partial charge is 0.118 e. The Balaban J connectivity index is 2.34. The zero-order valence-electron chi connectivity index (χ0n) is 14.5. The lowest BCUT2D eigenvalue weighted by Crippen LogP contribution is -2.48. The molecule has 3 nitrogen and oxygen atoms in total. The normalized spacial score (nSPS) is 26.9. The summed E-state index contributed by atoms with van der Waals surface area (Å²) in [6, 6.07) is 8.24. The van der Waals surface area contributed by atoms with Crippen LogP contribution in [0.3, 0.4) is 0 Å². The number of methoxy groups -OCH3 is 1. The first kappa shape index (κ1) is 17.3. The van der Waals surface area contributed by atoms with E-state index in [-0.39, 0.29) is 5.92 Å². The Morgan fingerprint density at radius 1 is 1.27 bits per heavy atom. The zero-order valence-corrected chi connectivity index (χ0v) is 14.5. The molecule has 0 aromatic heterocycles. The number of ether oxygens (including phenoxy) is 1. The minimum Gasteiger partial charge on any atom is -0.497 e. The third-order valence-electron chi connectivity index (χ3n) is 5.25. The number of nitrogens with zero attached hydrogens (tertiary/aromatic N) is 1. The number of benzene rings is 1. The SMILES string of the molecule is CCC1CCCCC1(O)C(CN(C)C)c1ccc(OC)cc1. The maximum absolute atomic E-state index is 11.6. The Kier molecular flexibility index (Phi) is 5.87. The Labute approximate surface area is 135 Å². The zero-order chi connectivity index (χ0) is 16.2. The van der Waals surface area contributed by atoms with Crippen molar-refractivity contribution in [2.75, 3.05) is 27.7 Å². The predicted octanol–water partition coefficient (Wildman–Crippen LogP) is 3.67. The third-order valence-corrected chi connectivity index (χ3v) is 5.25. The molecule has 1 N–H and O–H groups in total. The quantitative estimate of drug-likeness (QED) is 0.870. The van der Waals surface area contributed by atoms with Crippen LogP contribution in [0.4, 0.5) is 0 Å². The van der Waals surface area contributed by atoms with E-state index in [0.717, 1.165) is 38.0 Å². The molecule has 1 fully saturated rings. The molecule has 1 saturated carbocycles. The molecule has 0 heterocycles. The van der Waals surface area contributed by atoms with Gasteiger partial charge in [0, 0.05) is 12.5 Å². The second-order valence-electron chi connectivity index (χ2n) is 6.93. The van der Waals surface area contributed by atoms with Crippen LogP contribution in [-0.4, -0.2) is 43.4 Å². The molecule has 22 heavy (non-hydrogen) atoms. The van der Waals surface area contributed by atoms with Crippen LogP contribution in [0.2, 0.25) is 0 Å². The van der Waals surface area contributed by atoms with Crippen LogP contribution in [0.25, 0.3) is 0 Å². The average molecular weight is 305 g/mol. The van der Waals surface area contributed by atoms with Crippen LogP contribution in [0.5, 0.6) is 5.75 Å². The molecule has 1 aromatic carbocycles.